The minimum atomic E-state index is -0.387. The minimum Gasteiger partial charge on any atom is -0.452 e. The van der Waals surface area contributed by atoms with Gasteiger partial charge in [0.25, 0.3) is 5.91 Å². The smallest absolute Gasteiger partial charge is 0.339 e. The molecule has 1 aromatic carbocycles. The Balaban J connectivity index is 1.41. The Kier molecular flexibility index (Phi) is 4.79. The van der Waals surface area contributed by atoms with Crippen LogP contribution in [-0.4, -0.2) is 24.0 Å². The van der Waals surface area contributed by atoms with Crippen LogP contribution in [0.5, 0.6) is 0 Å². The zero-order chi connectivity index (χ0) is 20.2. The molecule has 0 aromatic heterocycles. The third kappa shape index (κ3) is 3.25. The zero-order valence-corrected chi connectivity index (χ0v) is 17.9. The van der Waals surface area contributed by atoms with Crippen LogP contribution < -0.4 is 5.32 Å². The summed E-state index contributed by atoms with van der Waals surface area (Å²) in [7, 11) is 0. The van der Waals surface area contributed by atoms with E-state index in [-0.39, 0.29) is 24.0 Å². The van der Waals surface area contributed by atoms with Crippen molar-refractivity contribution in [3.63, 3.8) is 0 Å². The Morgan fingerprint density at radius 2 is 1.25 bits per heavy atom. The quantitative estimate of drug-likeness (QED) is 0.781. The van der Waals surface area contributed by atoms with Crippen LogP contribution in [0.25, 0.3) is 0 Å². The molecule has 5 rings (SSSR count). The van der Waals surface area contributed by atoms with Crippen molar-refractivity contribution in [1.82, 2.24) is 5.32 Å². The molecule has 0 aliphatic heterocycles. The topological polar surface area (TPSA) is 55.4 Å². The first-order chi connectivity index (χ1) is 13.2. The molecule has 1 aromatic rings. The van der Waals surface area contributed by atoms with Crippen LogP contribution in [0.4, 0.5) is 0 Å². The Morgan fingerprint density at radius 1 is 0.821 bits per heavy atom. The van der Waals surface area contributed by atoms with Crippen molar-refractivity contribution in [2.75, 3.05) is 6.61 Å². The first-order valence-electron chi connectivity index (χ1n) is 10.7. The molecular weight excluding hydrogens is 350 g/mol. The fourth-order valence-electron chi connectivity index (χ4n) is 6.61. The van der Waals surface area contributed by atoms with Crippen molar-refractivity contribution in [3.05, 3.63) is 33.4 Å². The summed E-state index contributed by atoms with van der Waals surface area (Å²) in [6.45, 7) is 9.88. The monoisotopic (exact) mass is 383 g/mol. The summed E-state index contributed by atoms with van der Waals surface area (Å²) in [6, 6.07) is 0. The van der Waals surface area contributed by atoms with Crippen LogP contribution in [0.1, 0.15) is 76.7 Å². The van der Waals surface area contributed by atoms with Crippen molar-refractivity contribution >= 4 is 11.9 Å². The molecular formula is C24H33NO3. The summed E-state index contributed by atoms with van der Waals surface area (Å²) in [6.07, 6.45) is 7.34. The summed E-state index contributed by atoms with van der Waals surface area (Å²) in [5.74, 6) is 1.79. The van der Waals surface area contributed by atoms with Crippen molar-refractivity contribution in [1.29, 1.82) is 0 Å². The fourth-order valence-corrected chi connectivity index (χ4v) is 6.61. The number of benzene rings is 1. The highest BCUT2D eigenvalue weighted by Gasteiger charge is 2.51. The molecule has 0 saturated heterocycles. The number of rotatable bonds is 4. The molecule has 0 heterocycles. The maximum absolute atomic E-state index is 12.8. The molecule has 4 aliphatic rings. The fraction of sp³-hybridized carbons (Fsp3) is 0.667. The van der Waals surface area contributed by atoms with Gasteiger partial charge in [-0.05, 0) is 119 Å². The van der Waals surface area contributed by atoms with E-state index in [2.05, 4.69) is 12.2 Å². The van der Waals surface area contributed by atoms with Gasteiger partial charge in [-0.15, -0.1) is 0 Å². The summed E-state index contributed by atoms with van der Waals surface area (Å²) in [5, 5.41) is 3.28. The highest BCUT2D eigenvalue weighted by Crippen LogP contribution is 2.55. The normalized spacial score (nSPS) is 30.4. The van der Waals surface area contributed by atoms with Crippen molar-refractivity contribution < 1.29 is 14.3 Å². The van der Waals surface area contributed by atoms with E-state index in [0.29, 0.717) is 5.56 Å². The van der Waals surface area contributed by atoms with Crippen LogP contribution in [0, 0.1) is 52.4 Å². The SMILES string of the molecule is Cc1c(C)c(C)c(C(=O)OCC(=O)NC23CC4CC(CC(C4)C2)C3)c(C)c1C. The molecule has 4 aliphatic carbocycles. The second-order valence-electron chi connectivity index (χ2n) is 9.82. The molecule has 1 N–H and O–H groups in total. The van der Waals surface area contributed by atoms with Gasteiger partial charge in [-0.3, -0.25) is 4.79 Å². The van der Waals surface area contributed by atoms with Crippen LogP contribution in [0.2, 0.25) is 0 Å². The van der Waals surface area contributed by atoms with Gasteiger partial charge in [-0.2, -0.15) is 0 Å². The number of hydrogen-bond acceptors (Lipinski definition) is 3. The molecule has 0 spiro atoms. The number of hydrogen-bond donors (Lipinski definition) is 1. The number of esters is 1. The predicted octanol–water partition coefficient (Wildman–Crippen LogP) is 4.47. The number of ether oxygens (including phenoxy) is 1. The van der Waals surface area contributed by atoms with E-state index in [1.165, 1.54) is 24.8 Å². The van der Waals surface area contributed by atoms with E-state index in [9.17, 15) is 9.59 Å². The zero-order valence-electron chi connectivity index (χ0n) is 17.9. The Morgan fingerprint density at radius 3 is 1.71 bits per heavy atom. The van der Waals surface area contributed by atoms with Gasteiger partial charge in [0, 0.05) is 5.54 Å². The summed E-state index contributed by atoms with van der Waals surface area (Å²) in [4.78, 5) is 25.4. The average molecular weight is 384 g/mol. The van der Waals surface area contributed by atoms with Crippen molar-refractivity contribution in [3.8, 4) is 0 Å². The van der Waals surface area contributed by atoms with Crippen LogP contribution in [0.15, 0.2) is 0 Å². The number of amides is 1. The van der Waals surface area contributed by atoms with Gasteiger partial charge >= 0.3 is 5.97 Å². The maximum atomic E-state index is 12.8. The van der Waals surface area contributed by atoms with Crippen LogP contribution >= 0.6 is 0 Å². The highest BCUT2D eigenvalue weighted by molar-refractivity contribution is 5.95. The third-order valence-electron chi connectivity index (χ3n) is 7.98. The number of nitrogens with one attached hydrogen (secondary N) is 1. The molecule has 4 saturated carbocycles. The van der Waals surface area contributed by atoms with Gasteiger partial charge < -0.3 is 10.1 Å². The second kappa shape index (κ2) is 6.89. The Bertz CT molecular complexity index is 774. The molecule has 152 valence electrons. The van der Waals surface area contributed by atoms with Crippen LogP contribution in [0.3, 0.4) is 0 Å². The Labute approximate surface area is 168 Å². The lowest BCUT2D eigenvalue weighted by molar-refractivity contribution is -0.130. The molecule has 28 heavy (non-hydrogen) atoms. The number of carbonyl (C=O) groups excluding carboxylic acids is 2. The lowest BCUT2D eigenvalue weighted by atomic mass is 9.53. The molecule has 4 fully saturated rings. The third-order valence-corrected chi connectivity index (χ3v) is 7.98. The first-order valence-corrected chi connectivity index (χ1v) is 10.7. The maximum Gasteiger partial charge on any atom is 0.339 e. The van der Waals surface area contributed by atoms with Gasteiger partial charge in [0.1, 0.15) is 0 Å². The van der Waals surface area contributed by atoms with E-state index < -0.39 is 0 Å². The van der Waals surface area contributed by atoms with Gasteiger partial charge in [0.2, 0.25) is 0 Å². The lowest BCUT2D eigenvalue weighted by Gasteiger charge is -2.56. The molecule has 0 atom stereocenters. The van der Waals surface area contributed by atoms with Crippen molar-refractivity contribution in [2.45, 2.75) is 78.7 Å². The van der Waals surface area contributed by atoms with E-state index in [4.69, 9.17) is 4.74 Å². The molecule has 1 amide bonds. The van der Waals surface area contributed by atoms with Crippen LogP contribution in [-0.2, 0) is 9.53 Å². The Hall–Kier alpha value is -1.84. The predicted molar refractivity (Wildman–Crippen MR) is 109 cm³/mol. The minimum absolute atomic E-state index is 0.0406. The second-order valence-corrected chi connectivity index (χ2v) is 9.82. The van der Waals surface area contributed by atoms with Gasteiger partial charge in [-0.25, -0.2) is 4.79 Å². The van der Waals surface area contributed by atoms with E-state index in [1.54, 1.807) is 0 Å². The van der Waals surface area contributed by atoms with E-state index in [1.807, 2.05) is 27.7 Å². The molecule has 0 radical (unpaired) electrons. The lowest BCUT2D eigenvalue weighted by Crippen LogP contribution is -2.60. The standard InChI is InChI=1S/C24H33NO3/c1-13-14(2)16(4)22(17(5)15(13)3)23(27)28-12-21(26)25-24-9-18-6-19(10-24)8-20(7-18)11-24/h18-20H,6-12H2,1-5H3,(H,25,26). The summed E-state index contributed by atoms with van der Waals surface area (Å²) < 4.78 is 5.46. The summed E-state index contributed by atoms with van der Waals surface area (Å²) in [5.41, 5.74) is 5.93. The molecule has 4 nitrogen and oxygen atoms in total. The largest absolute Gasteiger partial charge is 0.452 e. The van der Waals surface area contributed by atoms with Gasteiger partial charge in [0.15, 0.2) is 6.61 Å². The number of carbonyl (C=O) groups is 2. The molecule has 0 unspecified atom stereocenters. The van der Waals surface area contributed by atoms with E-state index >= 15 is 0 Å². The molecule has 4 heteroatoms. The average Bonchev–Trinajstić information content (AvgIpc) is 2.62. The van der Waals surface area contributed by atoms with Gasteiger partial charge in [0.05, 0.1) is 5.56 Å². The van der Waals surface area contributed by atoms with Crippen molar-refractivity contribution in [2.24, 2.45) is 17.8 Å². The summed E-state index contributed by atoms with van der Waals surface area (Å²) >= 11 is 0. The molecule has 4 bridgehead atoms. The van der Waals surface area contributed by atoms with Gasteiger partial charge in [-0.1, -0.05) is 0 Å². The van der Waals surface area contributed by atoms with E-state index in [0.717, 1.165) is 59.3 Å². The first kappa shape index (κ1) is 19.5. The highest BCUT2D eigenvalue weighted by atomic mass is 16.5.